The Bertz CT molecular complexity index is 1270. The van der Waals surface area contributed by atoms with Crippen LogP contribution in [0.25, 0.3) is 10.8 Å². The molecule has 2 atom stereocenters. The molecular formula is C25H24N2O8. The van der Waals surface area contributed by atoms with Gasteiger partial charge in [-0.2, -0.15) is 0 Å². The first-order chi connectivity index (χ1) is 16.8. The van der Waals surface area contributed by atoms with Crippen LogP contribution in [-0.2, 0) is 14.3 Å². The molecule has 2 amide bonds. The molecule has 0 aliphatic carbocycles. The van der Waals surface area contributed by atoms with E-state index in [9.17, 15) is 29.4 Å². The van der Waals surface area contributed by atoms with Gasteiger partial charge in [-0.1, -0.05) is 36.4 Å². The van der Waals surface area contributed by atoms with Gasteiger partial charge in [-0.25, -0.2) is 9.59 Å². The lowest BCUT2D eigenvalue weighted by Gasteiger charge is -2.22. The molecule has 3 aromatic carbocycles. The van der Waals surface area contributed by atoms with E-state index >= 15 is 0 Å². The van der Waals surface area contributed by atoms with Crippen LogP contribution in [0.3, 0.4) is 0 Å². The smallest absolute Gasteiger partial charge is 0.336 e. The molecule has 0 aliphatic rings. The molecule has 0 fully saturated rings. The van der Waals surface area contributed by atoms with E-state index in [1.54, 1.807) is 30.3 Å². The van der Waals surface area contributed by atoms with Gasteiger partial charge in [-0.15, -0.1) is 0 Å². The Morgan fingerprint density at radius 3 is 2.26 bits per heavy atom. The van der Waals surface area contributed by atoms with Crippen molar-refractivity contribution in [3.8, 4) is 5.75 Å². The minimum Gasteiger partial charge on any atom is -0.497 e. The molecule has 0 bridgehead atoms. The fourth-order valence-electron chi connectivity index (χ4n) is 3.58. The van der Waals surface area contributed by atoms with E-state index in [1.165, 1.54) is 38.5 Å². The van der Waals surface area contributed by atoms with Crippen molar-refractivity contribution >= 4 is 34.5 Å². The molecule has 0 saturated heterocycles. The molecule has 35 heavy (non-hydrogen) atoms. The van der Waals surface area contributed by atoms with Gasteiger partial charge in [0.05, 0.1) is 32.0 Å². The maximum Gasteiger partial charge on any atom is 0.336 e. The molecule has 182 valence electrons. The predicted molar refractivity (Wildman–Crippen MR) is 125 cm³/mol. The second kappa shape index (κ2) is 11.1. The molecule has 3 aromatic rings. The second-order valence-electron chi connectivity index (χ2n) is 7.46. The van der Waals surface area contributed by atoms with Gasteiger partial charge in [0, 0.05) is 0 Å². The first kappa shape index (κ1) is 25.2. The first-order valence-electron chi connectivity index (χ1n) is 10.5. The Hall–Kier alpha value is -4.44. The molecule has 4 N–H and O–H groups in total. The third-order valence-corrected chi connectivity index (χ3v) is 5.36. The van der Waals surface area contributed by atoms with Crippen molar-refractivity contribution in [2.75, 3.05) is 20.8 Å². The molecule has 0 aromatic heterocycles. The van der Waals surface area contributed by atoms with E-state index in [0.29, 0.717) is 16.7 Å². The summed E-state index contributed by atoms with van der Waals surface area (Å²) in [5, 5.41) is 25.3. The van der Waals surface area contributed by atoms with Gasteiger partial charge in [-0.05, 0) is 40.6 Å². The van der Waals surface area contributed by atoms with Crippen molar-refractivity contribution in [2.24, 2.45) is 0 Å². The third kappa shape index (κ3) is 5.56. The number of aromatic carboxylic acids is 1. The lowest BCUT2D eigenvalue weighted by atomic mass is 9.98. The number of amides is 2. The van der Waals surface area contributed by atoms with Gasteiger partial charge < -0.3 is 30.3 Å². The highest BCUT2D eigenvalue weighted by atomic mass is 16.5. The highest BCUT2D eigenvalue weighted by Gasteiger charge is 2.30. The van der Waals surface area contributed by atoms with E-state index < -0.39 is 42.4 Å². The SMILES string of the molecule is COC(=O)C(NC(=O)[C@H](CO)NC(=O)c1ccccc1C(=O)O)c1cccc2ccc(OC)cc12. The van der Waals surface area contributed by atoms with E-state index in [4.69, 9.17) is 9.47 Å². The molecule has 1 unspecified atom stereocenters. The minimum atomic E-state index is -1.47. The van der Waals surface area contributed by atoms with Crippen molar-refractivity contribution in [2.45, 2.75) is 12.1 Å². The van der Waals surface area contributed by atoms with Crippen LogP contribution in [0.2, 0.25) is 0 Å². The topological polar surface area (TPSA) is 151 Å². The van der Waals surface area contributed by atoms with Crippen molar-refractivity contribution in [1.29, 1.82) is 0 Å². The highest BCUT2D eigenvalue weighted by molar-refractivity contribution is 6.06. The molecule has 10 heteroatoms. The molecule has 0 aliphatic heterocycles. The number of carboxylic acid groups (broad SMARTS) is 1. The number of hydrogen-bond acceptors (Lipinski definition) is 7. The van der Waals surface area contributed by atoms with E-state index in [1.807, 2.05) is 6.07 Å². The van der Waals surface area contributed by atoms with Crippen LogP contribution in [0.5, 0.6) is 5.75 Å². The molecule has 0 spiro atoms. The Balaban J connectivity index is 1.90. The lowest BCUT2D eigenvalue weighted by molar-refractivity contribution is -0.145. The zero-order valence-electron chi connectivity index (χ0n) is 19.0. The van der Waals surface area contributed by atoms with Gasteiger partial charge in [0.2, 0.25) is 5.91 Å². The van der Waals surface area contributed by atoms with Crippen molar-refractivity contribution in [3.63, 3.8) is 0 Å². The zero-order valence-corrected chi connectivity index (χ0v) is 19.0. The maximum absolute atomic E-state index is 13.0. The summed E-state index contributed by atoms with van der Waals surface area (Å²) in [6.07, 6.45) is 0. The third-order valence-electron chi connectivity index (χ3n) is 5.36. The van der Waals surface area contributed by atoms with Crippen LogP contribution in [0.1, 0.15) is 32.3 Å². The normalized spacial score (nSPS) is 12.3. The fourth-order valence-corrected chi connectivity index (χ4v) is 3.58. The number of methoxy groups -OCH3 is 2. The van der Waals surface area contributed by atoms with E-state index in [-0.39, 0.29) is 11.1 Å². The number of ether oxygens (including phenoxy) is 2. The Morgan fingerprint density at radius 1 is 0.914 bits per heavy atom. The summed E-state index contributed by atoms with van der Waals surface area (Å²) in [6.45, 7) is -0.802. The fraction of sp³-hybridized carbons (Fsp3) is 0.200. The van der Waals surface area contributed by atoms with Gasteiger partial charge in [0.1, 0.15) is 11.8 Å². The number of esters is 1. The summed E-state index contributed by atoms with van der Waals surface area (Å²) in [7, 11) is 2.67. The average molecular weight is 480 g/mol. The number of hydrogen-bond donors (Lipinski definition) is 4. The predicted octanol–water partition coefficient (Wildman–Crippen LogP) is 1.67. The monoisotopic (exact) mass is 480 g/mol. The lowest BCUT2D eigenvalue weighted by Crippen LogP contribution is -2.51. The zero-order chi connectivity index (χ0) is 25.5. The number of aliphatic hydroxyl groups excluding tert-OH is 1. The van der Waals surface area contributed by atoms with Crippen molar-refractivity contribution in [3.05, 3.63) is 77.4 Å². The molecular weight excluding hydrogens is 456 g/mol. The van der Waals surface area contributed by atoms with Crippen LogP contribution >= 0.6 is 0 Å². The van der Waals surface area contributed by atoms with E-state index in [0.717, 1.165) is 5.39 Å². The molecule has 0 heterocycles. The van der Waals surface area contributed by atoms with Crippen LogP contribution < -0.4 is 15.4 Å². The highest BCUT2D eigenvalue weighted by Crippen LogP contribution is 2.29. The van der Waals surface area contributed by atoms with Crippen molar-refractivity contribution < 1.29 is 38.9 Å². The Labute approximate surface area is 200 Å². The molecule has 0 saturated carbocycles. The number of carbonyl (C=O) groups excluding carboxylic acids is 3. The quantitative estimate of drug-likeness (QED) is 0.338. The average Bonchev–Trinajstić information content (AvgIpc) is 2.88. The first-order valence-corrected chi connectivity index (χ1v) is 10.5. The Morgan fingerprint density at radius 2 is 1.63 bits per heavy atom. The number of fused-ring (bicyclic) bond motifs is 1. The summed E-state index contributed by atoms with van der Waals surface area (Å²) >= 11 is 0. The summed E-state index contributed by atoms with van der Waals surface area (Å²) in [5.74, 6) is -3.30. The van der Waals surface area contributed by atoms with Crippen LogP contribution in [0.15, 0.2) is 60.7 Å². The molecule has 10 nitrogen and oxygen atoms in total. The number of aliphatic hydroxyl groups is 1. The number of benzene rings is 3. The van der Waals surface area contributed by atoms with Crippen molar-refractivity contribution in [1.82, 2.24) is 10.6 Å². The number of carbonyl (C=O) groups is 4. The maximum atomic E-state index is 13.0. The Kier molecular flexibility index (Phi) is 8.00. The summed E-state index contributed by atoms with van der Waals surface area (Å²) in [5.41, 5.74) is -0.0306. The summed E-state index contributed by atoms with van der Waals surface area (Å²) in [6, 6.07) is 13.1. The molecule has 0 radical (unpaired) electrons. The largest absolute Gasteiger partial charge is 0.497 e. The minimum absolute atomic E-state index is 0.183. The van der Waals surface area contributed by atoms with Gasteiger partial charge in [-0.3, -0.25) is 9.59 Å². The number of carboxylic acids is 1. The number of rotatable bonds is 9. The van der Waals surface area contributed by atoms with Crippen LogP contribution in [0.4, 0.5) is 0 Å². The van der Waals surface area contributed by atoms with Crippen LogP contribution in [-0.4, -0.2) is 60.8 Å². The molecule has 3 rings (SSSR count). The summed E-state index contributed by atoms with van der Waals surface area (Å²) < 4.78 is 10.1. The van der Waals surface area contributed by atoms with Crippen LogP contribution in [0, 0.1) is 0 Å². The second-order valence-corrected chi connectivity index (χ2v) is 7.46. The van der Waals surface area contributed by atoms with E-state index in [2.05, 4.69) is 10.6 Å². The summed E-state index contributed by atoms with van der Waals surface area (Å²) in [4.78, 5) is 49.7. The standard InChI is InChI=1S/C25H24N2O8/c1-34-15-11-10-14-6-5-9-16(19(14)12-15)21(25(33)35-2)27-23(30)20(13-28)26-22(29)17-7-3-4-8-18(17)24(31)32/h3-12,20-21,28H,13H2,1-2H3,(H,26,29)(H,27,30)(H,31,32)/t20-,21?/m0/s1. The number of nitrogens with one attached hydrogen (secondary N) is 2. The van der Waals surface area contributed by atoms with Gasteiger partial charge >= 0.3 is 11.9 Å². The van der Waals surface area contributed by atoms with Gasteiger partial charge in [0.15, 0.2) is 6.04 Å². The van der Waals surface area contributed by atoms with Gasteiger partial charge in [0.25, 0.3) is 5.91 Å².